The third-order valence-corrected chi connectivity index (χ3v) is 4.32. The molecule has 0 aliphatic rings. The van der Waals surface area contributed by atoms with Crippen LogP contribution < -0.4 is 19.1 Å². The summed E-state index contributed by atoms with van der Waals surface area (Å²) in [7, 11) is 4.37. The van der Waals surface area contributed by atoms with Crippen LogP contribution in [0.4, 0.5) is 0 Å². The number of aryl methyl sites for hydroxylation is 1. The fraction of sp³-hybridized carbons (Fsp3) is 0.353. The molecular formula is C17H19NO7S. The van der Waals surface area contributed by atoms with E-state index in [1.807, 2.05) is 0 Å². The average molecular weight is 381 g/mol. The molecule has 0 bridgehead atoms. The molecule has 1 aromatic heterocycles. The van der Waals surface area contributed by atoms with Crippen LogP contribution in [0.3, 0.4) is 0 Å². The maximum Gasteiger partial charge on any atom is 0.351 e. The van der Waals surface area contributed by atoms with E-state index in [1.165, 1.54) is 33.5 Å². The fourth-order valence-electron chi connectivity index (χ4n) is 2.14. The van der Waals surface area contributed by atoms with Crippen molar-refractivity contribution in [2.75, 3.05) is 27.9 Å². The number of amides is 1. The molecule has 1 aromatic carbocycles. The van der Waals surface area contributed by atoms with Crippen LogP contribution in [0.25, 0.3) is 0 Å². The van der Waals surface area contributed by atoms with Gasteiger partial charge in [0.25, 0.3) is 10.8 Å². The molecule has 0 radical (unpaired) electrons. The molecule has 8 nitrogen and oxygen atoms in total. The minimum absolute atomic E-state index is 0.0457. The van der Waals surface area contributed by atoms with Gasteiger partial charge >= 0.3 is 5.97 Å². The largest absolute Gasteiger partial charge is 0.493 e. The summed E-state index contributed by atoms with van der Waals surface area (Å²) in [5.74, 6) is 0.275. The first-order valence-electron chi connectivity index (χ1n) is 7.61. The number of esters is 1. The third-order valence-electron chi connectivity index (χ3n) is 3.31. The molecule has 2 rings (SSSR count). The zero-order valence-corrected chi connectivity index (χ0v) is 15.9. The Balaban J connectivity index is 2.42. The van der Waals surface area contributed by atoms with Gasteiger partial charge < -0.3 is 23.4 Å². The average Bonchev–Trinajstić information content (AvgIpc) is 3.00. The van der Waals surface area contributed by atoms with Gasteiger partial charge in [0.15, 0.2) is 16.4 Å². The van der Waals surface area contributed by atoms with Crippen molar-refractivity contribution in [3.05, 3.63) is 33.2 Å². The monoisotopic (exact) mass is 381 g/mol. The summed E-state index contributed by atoms with van der Waals surface area (Å²) in [5.41, 5.74) is 0.221. The van der Waals surface area contributed by atoms with Crippen molar-refractivity contribution in [1.82, 2.24) is 0 Å². The summed E-state index contributed by atoms with van der Waals surface area (Å²) in [5, 5.41) is 0. The van der Waals surface area contributed by atoms with E-state index < -0.39 is 11.9 Å². The van der Waals surface area contributed by atoms with E-state index in [0.29, 0.717) is 23.0 Å². The lowest BCUT2D eigenvalue weighted by Crippen LogP contribution is -2.05. The van der Waals surface area contributed by atoms with Crippen molar-refractivity contribution in [3.8, 4) is 17.2 Å². The van der Waals surface area contributed by atoms with Gasteiger partial charge in [0.05, 0.1) is 27.9 Å². The van der Waals surface area contributed by atoms with Gasteiger partial charge in [0.2, 0.25) is 5.75 Å². The van der Waals surface area contributed by atoms with E-state index in [9.17, 15) is 9.59 Å². The molecule has 0 atom stereocenters. The molecule has 0 spiro atoms. The lowest BCUT2D eigenvalue weighted by atomic mass is 10.1. The molecule has 2 aromatic rings. The Kier molecular flexibility index (Phi) is 6.40. The van der Waals surface area contributed by atoms with Crippen molar-refractivity contribution in [1.29, 1.82) is 0 Å². The normalized spacial score (nSPS) is 11.2. The quantitative estimate of drug-likeness (QED) is 0.710. The predicted octanol–water partition coefficient (Wildman–Crippen LogP) is 2.59. The molecule has 140 valence electrons. The molecule has 1 amide bonds. The van der Waals surface area contributed by atoms with Gasteiger partial charge in [0.1, 0.15) is 5.76 Å². The van der Waals surface area contributed by atoms with Crippen LogP contribution in [0.5, 0.6) is 17.2 Å². The number of carbonyl (C=O) groups excluding carboxylic acids is 2. The summed E-state index contributed by atoms with van der Waals surface area (Å²) in [6.45, 7) is 3.55. The van der Waals surface area contributed by atoms with Gasteiger partial charge in [0, 0.05) is 5.56 Å². The van der Waals surface area contributed by atoms with Crippen molar-refractivity contribution >= 4 is 23.2 Å². The molecule has 0 unspecified atom stereocenters. The van der Waals surface area contributed by atoms with Gasteiger partial charge in [-0.2, -0.15) is 4.99 Å². The van der Waals surface area contributed by atoms with Crippen molar-refractivity contribution in [2.45, 2.75) is 13.8 Å². The van der Waals surface area contributed by atoms with E-state index in [1.54, 1.807) is 13.8 Å². The molecule has 0 fully saturated rings. The summed E-state index contributed by atoms with van der Waals surface area (Å²) < 4.78 is 26.0. The first-order valence-corrected chi connectivity index (χ1v) is 8.43. The Hall–Kier alpha value is -2.81. The lowest BCUT2D eigenvalue weighted by molar-refractivity contribution is 0.0529. The molecule has 9 heteroatoms. The van der Waals surface area contributed by atoms with Gasteiger partial charge in [-0.05, 0) is 26.0 Å². The SMILES string of the molecule is CCOC(=O)c1sc(=NC(=O)c2cc(OC)c(OC)c(OC)c2)oc1C. The Morgan fingerprint density at radius 1 is 1.12 bits per heavy atom. The second-order valence-corrected chi connectivity index (χ2v) is 5.87. The summed E-state index contributed by atoms with van der Waals surface area (Å²) in [6.07, 6.45) is 0. The van der Waals surface area contributed by atoms with Crippen molar-refractivity contribution in [3.63, 3.8) is 0 Å². The Morgan fingerprint density at radius 2 is 1.73 bits per heavy atom. The van der Waals surface area contributed by atoms with E-state index in [0.717, 1.165) is 11.3 Å². The van der Waals surface area contributed by atoms with Crippen LogP contribution in [0.1, 0.15) is 32.7 Å². The van der Waals surface area contributed by atoms with E-state index in [4.69, 9.17) is 23.4 Å². The van der Waals surface area contributed by atoms with Gasteiger partial charge in [-0.25, -0.2) is 4.79 Å². The van der Waals surface area contributed by atoms with Crippen LogP contribution in [0.15, 0.2) is 21.5 Å². The van der Waals surface area contributed by atoms with Crippen LogP contribution in [0.2, 0.25) is 0 Å². The number of rotatable bonds is 6. The van der Waals surface area contributed by atoms with Gasteiger partial charge in [-0.15, -0.1) is 0 Å². The van der Waals surface area contributed by atoms with Crippen LogP contribution in [0, 0.1) is 6.92 Å². The summed E-state index contributed by atoms with van der Waals surface area (Å²) in [4.78, 5) is 28.5. The lowest BCUT2D eigenvalue weighted by Gasteiger charge is -2.12. The number of carbonyl (C=O) groups is 2. The fourth-order valence-corrected chi connectivity index (χ4v) is 2.93. The number of benzene rings is 1. The standard InChI is InChI=1S/C17H19NO7S/c1-6-24-16(20)14-9(2)25-17(26-14)18-15(19)10-7-11(21-3)13(23-5)12(8-10)22-4/h7-8H,6H2,1-5H3. The summed E-state index contributed by atoms with van der Waals surface area (Å²) in [6, 6.07) is 2.97. The number of nitrogens with zero attached hydrogens (tertiary/aromatic N) is 1. The Bertz CT molecular complexity index is 856. The van der Waals surface area contributed by atoms with Crippen LogP contribution >= 0.6 is 11.3 Å². The predicted molar refractivity (Wildman–Crippen MR) is 93.3 cm³/mol. The highest BCUT2D eigenvalue weighted by Gasteiger charge is 2.19. The number of hydrogen-bond donors (Lipinski definition) is 0. The maximum absolute atomic E-state index is 12.5. The highest BCUT2D eigenvalue weighted by molar-refractivity contribution is 7.11. The number of methoxy groups -OCH3 is 3. The molecular weight excluding hydrogens is 362 g/mol. The highest BCUT2D eigenvalue weighted by atomic mass is 32.1. The van der Waals surface area contributed by atoms with Crippen LogP contribution in [-0.2, 0) is 4.74 Å². The van der Waals surface area contributed by atoms with E-state index in [-0.39, 0.29) is 21.9 Å². The maximum atomic E-state index is 12.5. The second-order valence-electron chi connectivity index (χ2n) is 4.91. The molecule has 0 N–H and O–H groups in total. The third kappa shape index (κ3) is 4.05. The first-order chi connectivity index (χ1) is 12.4. The molecule has 1 heterocycles. The summed E-state index contributed by atoms with van der Waals surface area (Å²) >= 11 is 0.942. The second kappa shape index (κ2) is 8.52. The van der Waals surface area contributed by atoms with Crippen molar-refractivity contribution < 1.29 is 33.0 Å². The molecule has 0 saturated heterocycles. The van der Waals surface area contributed by atoms with Gasteiger partial charge in [-0.3, -0.25) is 4.79 Å². The minimum Gasteiger partial charge on any atom is -0.493 e. The molecule has 0 aliphatic carbocycles. The molecule has 26 heavy (non-hydrogen) atoms. The Morgan fingerprint density at radius 3 is 2.23 bits per heavy atom. The zero-order chi connectivity index (χ0) is 19.3. The van der Waals surface area contributed by atoms with E-state index >= 15 is 0 Å². The minimum atomic E-state index is -0.579. The topological polar surface area (TPSA) is 96.6 Å². The number of hydrogen-bond acceptors (Lipinski definition) is 8. The highest BCUT2D eigenvalue weighted by Crippen LogP contribution is 2.38. The Labute approximate surface area is 154 Å². The number of ether oxygens (including phenoxy) is 4. The smallest absolute Gasteiger partial charge is 0.351 e. The van der Waals surface area contributed by atoms with Crippen molar-refractivity contribution in [2.24, 2.45) is 4.99 Å². The van der Waals surface area contributed by atoms with Crippen LogP contribution in [-0.4, -0.2) is 39.8 Å². The first kappa shape index (κ1) is 19.5. The molecule has 0 aliphatic heterocycles. The zero-order valence-electron chi connectivity index (χ0n) is 15.1. The van der Waals surface area contributed by atoms with E-state index in [2.05, 4.69) is 4.99 Å². The molecule has 0 saturated carbocycles. The van der Waals surface area contributed by atoms with Gasteiger partial charge in [-0.1, -0.05) is 11.3 Å².